The van der Waals surface area contributed by atoms with E-state index in [1.54, 1.807) is 0 Å². The third-order valence-corrected chi connectivity index (χ3v) is 4.30. The van der Waals surface area contributed by atoms with Crippen LogP contribution >= 0.6 is 24.8 Å². The van der Waals surface area contributed by atoms with Crippen LogP contribution in [0.5, 0.6) is 0 Å². The number of carbonyl (C=O) groups is 1. The van der Waals surface area contributed by atoms with Crippen molar-refractivity contribution in [3.63, 3.8) is 0 Å². The van der Waals surface area contributed by atoms with E-state index in [1.165, 1.54) is 0 Å². The van der Waals surface area contributed by atoms with Crippen molar-refractivity contribution < 1.29 is 4.79 Å². The van der Waals surface area contributed by atoms with Gasteiger partial charge >= 0.3 is 0 Å². The van der Waals surface area contributed by atoms with Crippen molar-refractivity contribution >= 4 is 70.3 Å². The molecule has 0 unspecified atom stereocenters. The maximum atomic E-state index is 12.2. The van der Waals surface area contributed by atoms with Crippen LogP contribution < -0.4 is 5.32 Å². The molecule has 1 aromatic rings. The van der Waals surface area contributed by atoms with E-state index in [0.29, 0.717) is 10.9 Å². The van der Waals surface area contributed by atoms with Gasteiger partial charge in [0.2, 0.25) is 5.91 Å². The molecule has 1 aliphatic rings. The van der Waals surface area contributed by atoms with Gasteiger partial charge in [-0.3, -0.25) is 9.69 Å². The number of thiol groups is 1. The van der Waals surface area contributed by atoms with Crippen LogP contribution in [0.1, 0.15) is 11.1 Å². The first-order valence-electron chi connectivity index (χ1n) is 7.03. The van der Waals surface area contributed by atoms with Crippen LogP contribution in [0, 0.1) is 13.8 Å². The van der Waals surface area contributed by atoms with Crippen molar-refractivity contribution in [1.82, 2.24) is 9.80 Å². The summed E-state index contributed by atoms with van der Waals surface area (Å²) in [6, 6.07) is 6.02. The number of hydrogen-bond acceptors (Lipinski definition) is 3. The molecule has 0 bridgehead atoms. The summed E-state index contributed by atoms with van der Waals surface area (Å²) >= 11 is 9.24. The number of benzene rings is 1. The molecule has 1 radical (unpaired) electrons. The van der Waals surface area contributed by atoms with E-state index in [9.17, 15) is 4.79 Å². The topological polar surface area (TPSA) is 35.6 Å². The number of amides is 1. The van der Waals surface area contributed by atoms with Crippen molar-refractivity contribution in [3.8, 4) is 0 Å². The Morgan fingerprint density at radius 2 is 1.77 bits per heavy atom. The largest absolute Gasteiger partial charge is 0.355 e. The number of nitrogens with one attached hydrogen (secondary N) is 1. The molecule has 7 heteroatoms. The van der Waals surface area contributed by atoms with E-state index in [4.69, 9.17) is 12.2 Å². The molecule has 1 aliphatic heterocycles. The summed E-state index contributed by atoms with van der Waals surface area (Å²) in [7, 11) is 0. The first-order valence-corrected chi connectivity index (χ1v) is 7.89. The number of rotatable bonds is 3. The quantitative estimate of drug-likeness (QED) is 0.496. The maximum absolute atomic E-state index is 12.2. The summed E-state index contributed by atoms with van der Waals surface area (Å²) in [5, 5.41) is 3.02. The number of carbonyl (C=O) groups excluding carboxylic acids is 1. The molecule has 4 nitrogen and oxygen atoms in total. The second-order valence-electron chi connectivity index (χ2n) is 5.36. The van der Waals surface area contributed by atoms with Gasteiger partial charge in [0.25, 0.3) is 0 Å². The van der Waals surface area contributed by atoms with Crippen molar-refractivity contribution in [3.05, 3.63) is 29.3 Å². The van der Waals surface area contributed by atoms with Crippen LogP contribution in [0.3, 0.4) is 0 Å². The molecule has 0 atom stereocenters. The van der Waals surface area contributed by atoms with E-state index in [2.05, 4.69) is 27.7 Å². The van der Waals surface area contributed by atoms with E-state index < -0.39 is 0 Å². The summed E-state index contributed by atoms with van der Waals surface area (Å²) in [5.74, 6) is 0.0364. The first-order chi connectivity index (χ1) is 9.97. The van der Waals surface area contributed by atoms with Crippen LogP contribution in [0.4, 0.5) is 5.69 Å². The molecular weight excluding hydrogens is 325 g/mol. The van der Waals surface area contributed by atoms with Crippen molar-refractivity contribution in [2.45, 2.75) is 13.8 Å². The van der Waals surface area contributed by atoms with Crippen molar-refractivity contribution in [2.75, 3.05) is 38.0 Å². The van der Waals surface area contributed by atoms with Crippen molar-refractivity contribution in [1.29, 1.82) is 0 Å². The molecule has 1 amide bonds. The Morgan fingerprint density at radius 1 is 1.23 bits per heavy atom. The summed E-state index contributed by atoms with van der Waals surface area (Å²) in [4.78, 5) is 16.4. The SMILES string of the molecule is Cc1cccc(C)c1NC(=O)CN1CCN(C(=S)S)CC1.[Na]. The Kier molecular flexibility index (Phi) is 8.38. The second-order valence-corrected chi connectivity index (χ2v) is 6.47. The van der Waals surface area contributed by atoms with E-state index >= 15 is 0 Å². The maximum Gasteiger partial charge on any atom is 0.238 e. The Balaban J connectivity index is 0.00000242. The Hall–Kier alpha value is -0.110. The molecule has 1 fully saturated rings. The van der Waals surface area contributed by atoms with Crippen LogP contribution in [0.15, 0.2) is 18.2 Å². The zero-order valence-corrected chi connectivity index (χ0v) is 17.1. The minimum atomic E-state index is 0. The van der Waals surface area contributed by atoms with Crippen LogP contribution in [0.25, 0.3) is 0 Å². The average Bonchev–Trinajstić information content (AvgIpc) is 2.43. The number of thiocarbonyl (C=S) groups is 1. The summed E-state index contributed by atoms with van der Waals surface area (Å²) < 4.78 is 0.634. The molecule has 1 heterocycles. The average molecular weight is 346 g/mol. The predicted molar refractivity (Wildman–Crippen MR) is 99.9 cm³/mol. The van der Waals surface area contributed by atoms with Gasteiger partial charge < -0.3 is 10.2 Å². The number of anilines is 1. The van der Waals surface area contributed by atoms with Crippen molar-refractivity contribution in [2.24, 2.45) is 0 Å². The normalized spacial score (nSPS) is 15.1. The fraction of sp³-hybridized carbons (Fsp3) is 0.467. The van der Waals surface area contributed by atoms with Gasteiger partial charge in [-0.2, -0.15) is 0 Å². The Morgan fingerprint density at radius 3 is 2.27 bits per heavy atom. The molecule has 0 saturated carbocycles. The van der Waals surface area contributed by atoms with Gasteiger partial charge in [0.05, 0.1) is 6.54 Å². The van der Waals surface area contributed by atoms with Gasteiger partial charge in [-0.25, -0.2) is 0 Å². The van der Waals surface area contributed by atoms with Gasteiger partial charge in [-0.15, -0.1) is 12.6 Å². The number of aryl methyl sites for hydroxylation is 2. The Labute approximate surface area is 165 Å². The van der Waals surface area contributed by atoms with E-state index in [1.807, 2.05) is 32.0 Å². The van der Waals surface area contributed by atoms with Crippen LogP contribution in [0.2, 0.25) is 0 Å². The fourth-order valence-corrected chi connectivity index (χ4v) is 2.87. The van der Waals surface area contributed by atoms with Gasteiger partial charge in [0, 0.05) is 61.4 Å². The molecule has 0 aliphatic carbocycles. The third-order valence-electron chi connectivity index (χ3n) is 3.76. The molecule has 115 valence electrons. The van der Waals surface area contributed by atoms with Gasteiger partial charge in [-0.1, -0.05) is 30.4 Å². The van der Waals surface area contributed by atoms with Gasteiger partial charge in [0.15, 0.2) is 0 Å². The molecule has 0 aromatic heterocycles. The molecular formula is C15H21N3NaOS2. The minimum absolute atomic E-state index is 0. The zero-order chi connectivity index (χ0) is 15.4. The number of nitrogens with zero attached hydrogens (tertiary/aromatic N) is 2. The second kappa shape index (κ2) is 9.25. The molecule has 22 heavy (non-hydrogen) atoms. The van der Waals surface area contributed by atoms with Gasteiger partial charge in [-0.05, 0) is 25.0 Å². The zero-order valence-electron chi connectivity index (χ0n) is 13.4. The molecule has 1 saturated heterocycles. The van der Waals surface area contributed by atoms with E-state index in [-0.39, 0.29) is 35.5 Å². The van der Waals surface area contributed by atoms with Gasteiger partial charge in [0.1, 0.15) is 4.32 Å². The smallest absolute Gasteiger partial charge is 0.238 e. The fourth-order valence-electron chi connectivity index (χ4n) is 2.49. The van der Waals surface area contributed by atoms with Crippen LogP contribution in [-0.4, -0.2) is 82.3 Å². The molecule has 1 aromatic carbocycles. The molecule has 2 rings (SSSR count). The monoisotopic (exact) mass is 346 g/mol. The van der Waals surface area contributed by atoms with Crippen LogP contribution in [-0.2, 0) is 4.79 Å². The number of hydrogen-bond donors (Lipinski definition) is 2. The van der Waals surface area contributed by atoms with E-state index in [0.717, 1.165) is 43.0 Å². The molecule has 1 N–H and O–H groups in total. The first kappa shape index (κ1) is 19.9. The minimum Gasteiger partial charge on any atom is -0.355 e. The predicted octanol–water partition coefficient (Wildman–Crippen LogP) is 1.69. The number of para-hydroxylation sites is 1. The summed E-state index contributed by atoms with van der Waals surface area (Å²) in [6.45, 7) is 7.77. The standard InChI is InChI=1S/C15H21N3OS2.Na/c1-11-4-3-5-12(2)14(11)16-13(19)10-17-6-8-18(9-7-17)15(20)21;/h3-5H,6-10H2,1-2H3,(H,16,19)(H,20,21);. The number of piperazine rings is 1. The summed E-state index contributed by atoms with van der Waals surface area (Å²) in [5.41, 5.74) is 3.11. The third kappa shape index (κ3) is 5.51. The summed E-state index contributed by atoms with van der Waals surface area (Å²) in [6.07, 6.45) is 0. The molecule has 0 spiro atoms. The Bertz CT molecular complexity index is 525.